The number of rotatable bonds is 7. The van der Waals surface area contributed by atoms with Crippen LogP contribution in [0.3, 0.4) is 0 Å². The first-order valence-corrected chi connectivity index (χ1v) is 8.82. The Bertz CT molecular complexity index is 851. The van der Waals surface area contributed by atoms with Crippen LogP contribution in [-0.2, 0) is 4.79 Å². The molecule has 5 heteroatoms. The highest BCUT2D eigenvalue weighted by Gasteiger charge is 2.17. The van der Waals surface area contributed by atoms with Gasteiger partial charge in [0.1, 0.15) is 11.5 Å². The molecule has 0 atom stereocenters. The molecule has 0 spiro atoms. The summed E-state index contributed by atoms with van der Waals surface area (Å²) in [7, 11) is 3.18. The van der Waals surface area contributed by atoms with E-state index in [1.54, 1.807) is 28.1 Å². The summed E-state index contributed by atoms with van der Waals surface area (Å²) >= 11 is 0. The SMILES string of the molecule is COc1cc(-c2ccc(NC(C)C)cc2)c(OC)cc1C(C)=C(C)C(=O)O. The topological polar surface area (TPSA) is 67.8 Å². The summed E-state index contributed by atoms with van der Waals surface area (Å²) in [5.41, 5.74) is 4.54. The third-order valence-electron chi connectivity index (χ3n) is 4.46. The highest BCUT2D eigenvalue weighted by molar-refractivity contribution is 5.96. The van der Waals surface area contributed by atoms with E-state index >= 15 is 0 Å². The van der Waals surface area contributed by atoms with Gasteiger partial charge in [0, 0.05) is 28.4 Å². The number of carboxylic acid groups (broad SMARTS) is 1. The minimum absolute atomic E-state index is 0.271. The Balaban J connectivity index is 2.56. The van der Waals surface area contributed by atoms with Crippen LogP contribution in [0.2, 0.25) is 0 Å². The zero-order valence-electron chi connectivity index (χ0n) is 16.7. The van der Waals surface area contributed by atoms with Crippen LogP contribution in [0.25, 0.3) is 16.7 Å². The van der Waals surface area contributed by atoms with E-state index in [9.17, 15) is 9.90 Å². The van der Waals surface area contributed by atoms with Gasteiger partial charge >= 0.3 is 5.97 Å². The third-order valence-corrected chi connectivity index (χ3v) is 4.46. The van der Waals surface area contributed by atoms with Crippen LogP contribution in [0.15, 0.2) is 42.0 Å². The molecule has 27 heavy (non-hydrogen) atoms. The normalized spacial score (nSPS) is 11.8. The van der Waals surface area contributed by atoms with Crippen LogP contribution >= 0.6 is 0 Å². The summed E-state index contributed by atoms with van der Waals surface area (Å²) in [6, 6.07) is 12.2. The summed E-state index contributed by atoms with van der Waals surface area (Å²) in [5.74, 6) is 0.312. The van der Waals surface area contributed by atoms with Gasteiger partial charge < -0.3 is 19.9 Å². The summed E-state index contributed by atoms with van der Waals surface area (Å²) < 4.78 is 11.1. The predicted octanol–water partition coefficient (Wildman–Crippen LogP) is 5.07. The van der Waals surface area contributed by atoms with Crippen molar-refractivity contribution in [2.45, 2.75) is 33.7 Å². The number of benzene rings is 2. The Morgan fingerprint density at radius 1 is 1.00 bits per heavy atom. The van der Waals surface area contributed by atoms with Gasteiger partial charge in [0.05, 0.1) is 14.2 Å². The monoisotopic (exact) mass is 369 g/mol. The average Bonchev–Trinajstić information content (AvgIpc) is 2.65. The van der Waals surface area contributed by atoms with Crippen LogP contribution in [0.5, 0.6) is 11.5 Å². The zero-order chi connectivity index (χ0) is 20.1. The van der Waals surface area contributed by atoms with Crippen molar-refractivity contribution in [2.24, 2.45) is 0 Å². The molecule has 2 aromatic carbocycles. The lowest BCUT2D eigenvalue weighted by atomic mass is 9.96. The summed E-state index contributed by atoms with van der Waals surface area (Å²) in [6.07, 6.45) is 0. The van der Waals surface area contributed by atoms with E-state index < -0.39 is 5.97 Å². The van der Waals surface area contributed by atoms with Gasteiger partial charge in [-0.2, -0.15) is 0 Å². The van der Waals surface area contributed by atoms with Crippen molar-refractivity contribution >= 4 is 17.2 Å². The lowest BCUT2D eigenvalue weighted by molar-refractivity contribution is -0.132. The van der Waals surface area contributed by atoms with Gasteiger partial charge in [-0.3, -0.25) is 0 Å². The van der Waals surface area contributed by atoms with Crippen LogP contribution < -0.4 is 14.8 Å². The Morgan fingerprint density at radius 2 is 1.59 bits per heavy atom. The van der Waals surface area contributed by atoms with Crippen LogP contribution in [-0.4, -0.2) is 31.3 Å². The molecule has 0 aromatic heterocycles. The Morgan fingerprint density at radius 3 is 2.07 bits per heavy atom. The van der Waals surface area contributed by atoms with Crippen molar-refractivity contribution in [3.05, 3.63) is 47.5 Å². The van der Waals surface area contributed by atoms with Crippen molar-refractivity contribution in [3.63, 3.8) is 0 Å². The zero-order valence-corrected chi connectivity index (χ0v) is 16.7. The maximum Gasteiger partial charge on any atom is 0.331 e. The first kappa shape index (κ1) is 20.4. The van der Waals surface area contributed by atoms with E-state index in [0.29, 0.717) is 28.7 Å². The number of allylic oxidation sites excluding steroid dienone is 1. The van der Waals surface area contributed by atoms with Gasteiger partial charge in [-0.05, 0) is 63.1 Å². The number of methoxy groups -OCH3 is 2. The molecule has 0 saturated carbocycles. The molecule has 0 bridgehead atoms. The third kappa shape index (κ3) is 4.61. The van der Waals surface area contributed by atoms with Crippen molar-refractivity contribution in [1.82, 2.24) is 0 Å². The fourth-order valence-corrected chi connectivity index (χ4v) is 2.86. The van der Waals surface area contributed by atoms with E-state index in [-0.39, 0.29) is 5.57 Å². The second kappa shape index (κ2) is 8.62. The second-order valence-electron chi connectivity index (χ2n) is 6.68. The van der Waals surface area contributed by atoms with Crippen molar-refractivity contribution in [3.8, 4) is 22.6 Å². The molecule has 0 radical (unpaired) electrons. The first-order valence-electron chi connectivity index (χ1n) is 8.82. The van der Waals surface area contributed by atoms with E-state index in [1.165, 1.54) is 0 Å². The van der Waals surface area contributed by atoms with Crippen LogP contribution in [0, 0.1) is 0 Å². The van der Waals surface area contributed by atoms with Gasteiger partial charge in [-0.15, -0.1) is 0 Å². The minimum Gasteiger partial charge on any atom is -0.496 e. The standard InChI is InChI=1S/C22H27NO4/c1-13(2)23-17-9-7-16(8-10-17)19-12-20(26-5)18(11-21(19)27-6)14(3)15(4)22(24)25/h7-13,23H,1-6H3,(H,24,25). The van der Waals surface area contributed by atoms with Crippen molar-refractivity contribution in [2.75, 3.05) is 19.5 Å². The maximum absolute atomic E-state index is 11.3. The lowest BCUT2D eigenvalue weighted by Gasteiger charge is -2.17. The summed E-state index contributed by atoms with van der Waals surface area (Å²) in [6.45, 7) is 7.54. The van der Waals surface area contributed by atoms with Gasteiger partial charge in [0.25, 0.3) is 0 Å². The van der Waals surface area contributed by atoms with Gasteiger partial charge in [-0.25, -0.2) is 4.79 Å². The first-order chi connectivity index (χ1) is 12.8. The lowest BCUT2D eigenvalue weighted by Crippen LogP contribution is -2.09. The fourth-order valence-electron chi connectivity index (χ4n) is 2.86. The molecule has 0 unspecified atom stereocenters. The minimum atomic E-state index is -0.953. The predicted molar refractivity (Wildman–Crippen MR) is 110 cm³/mol. The number of hydrogen-bond donors (Lipinski definition) is 2. The fraction of sp³-hybridized carbons (Fsp3) is 0.318. The summed E-state index contributed by atoms with van der Waals surface area (Å²) in [5, 5.41) is 12.7. The van der Waals surface area contributed by atoms with Gasteiger partial charge in [0.15, 0.2) is 0 Å². The van der Waals surface area contributed by atoms with E-state index in [2.05, 4.69) is 19.2 Å². The number of anilines is 1. The molecule has 0 heterocycles. The second-order valence-corrected chi connectivity index (χ2v) is 6.68. The largest absolute Gasteiger partial charge is 0.496 e. The van der Waals surface area contributed by atoms with Crippen molar-refractivity contribution < 1.29 is 19.4 Å². The Kier molecular flexibility index (Phi) is 6.50. The van der Waals surface area contributed by atoms with Crippen LogP contribution in [0.1, 0.15) is 33.3 Å². The molecule has 2 aromatic rings. The van der Waals surface area contributed by atoms with E-state index in [1.807, 2.05) is 36.4 Å². The highest BCUT2D eigenvalue weighted by Crippen LogP contribution is 2.39. The van der Waals surface area contributed by atoms with Gasteiger partial charge in [0.2, 0.25) is 0 Å². The molecule has 0 aliphatic rings. The molecule has 0 fully saturated rings. The molecule has 5 nitrogen and oxygen atoms in total. The number of carbonyl (C=O) groups is 1. The molecule has 0 aliphatic heterocycles. The number of nitrogens with one attached hydrogen (secondary N) is 1. The number of carboxylic acids is 1. The van der Waals surface area contributed by atoms with E-state index in [0.717, 1.165) is 16.8 Å². The molecular formula is C22H27NO4. The number of aliphatic carboxylic acids is 1. The molecule has 0 saturated heterocycles. The molecule has 2 N–H and O–H groups in total. The molecular weight excluding hydrogens is 342 g/mol. The average molecular weight is 369 g/mol. The van der Waals surface area contributed by atoms with Gasteiger partial charge in [-0.1, -0.05) is 12.1 Å². The Labute approximate surface area is 160 Å². The quantitative estimate of drug-likeness (QED) is 0.667. The maximum atomic E-state index is 11.3. The smallest absolute Gasteiger partial charge is 0.331 e. The summed E-state index contributed by atoms with van der Waals surface area (Å²) in [4.78, 5) is 11.3. The van der Waals surface area contributed by atoms with E-state index in [4.69, 9.17) is 9.47 Å². The number of hydrogen-bond acceptors (Lipinski definition) is 4. The van der Waals surface area contributed by atoms with Crippen molar-refractivity contribution in [1.29, 1.82) is 0 Å². The molecule has 2 rings (SSSR count). The molecule has 144 valence electrons. The Hall–Kier alpha value is -2.95. The number of ether oxygens (including phenoxy) is 2. The van der Waals surface area contributed by atoms with Crippen LogP contribution in [0.4, 0.5) is 5.69 Å². The molecule has 0 amide bonds. The molecule has 0 aliphatic carbocycles. The highest BCUT2D eigenvalue weighted by atomic mass is 16.5.